The van der Waals surface area contributed by atoms with E-state index in [1.165, 1.54) is 4.31 Å². The molecule has 1 unspecified atom stereocenters. The van der Waals surface area contributed by atoms with Gasteiger partial charge in [-0.15, -0.1) is 0 Å². The Bertz CT molecular complexity index is 655. The highest BCUT2D eigenvalue weighted by Crippen LogP contribution is 2.50. The van der Waals surface area contributed by atoms with Gasteiger partial charge in [0.05, 0.1) is 11.7 Å². The summed E-state index contributed by atoms with van der Waals surface area (Å²) in [4.78, 5) is 9.89. The van der Waals surface area contributed by atoms with Crippen molar-refractivity contribution in [2.75, 3.05) is 37.3 Å². The topological polar surface area (TPSA) is 66.4 Å². The molecule has 1 spiro atoms. The van der Waals surface area contributed by atoms with Gasteiger partial charge in [-0.25, -0.2) is 31.5 Å². The van der Waals surface area contributed by atoms with Crippen LogP contribution in [0, 0.1) is 5.41 Å². The summed E-state index contributed by atoms with van der Waals surface area (Å²) in [5.74, 6) is -2.48. The number of hydrogen-bond acceptors (Lipinski definition) is 5. The zero-order valence-corrected chi connectivity index (χ0v) is 13.1. The van der Waals surface area contributed by atoms with E-state index in [1.807, 2.05) is 0 Å². The molecule has 2 fully saturated rings. The minimum absolute atomic E-state index is 0.0655. The Hall–Kier alpha value is -1.35. The van der Waals surface area contributed by atoms with Crippen molar-refractivity contribution in [3.8, 4) is 0 Å². The molecule has 0 radical (unpaired) electrons. The lowest BCUT2D eigenvalue weighted by atomic mass is 9.76. The first kappa shape index (κ1) is 15.5. The SMILES string of the molecule is CS(=O)(=O)N1CCC(F)(F)C2(CCN(c3ncccn3)C2)C1. The van der Waals surface area contributed by atoms with E-state index in [1.54, 1.807) is 23.4 Å². The molecule has 22 heavy (non-hydrogen) atoms. The third-order valence-corrected chi connectivity index (χ3v) is 5.84. The Morgan fingerprint density at radius 2 is 1.82 bits per heavy atom. The fraction of sp³-hybridized carbons (Fsp3) is 0.692. The van der Waals surface area contributed by atoms with E-state index in [2.05, 4.69) is 9.97 Å². The van der Waals surface area contributed by atoms with E-state index in [-0.39, 0.29) is 26.1 Å². The Morgan fingerprint density at radius 1 is 1.14 bits per heavy atom. The number of piperidine rings is 1. The van der Waals surface area contributed by atoms with Gasteiger partial charge in [-0.2, -0.15) is 0 Å². The lowest BCUT2D eigenvalue weighted by molar-refractivity contribution is -0.145. The number of rotatable bonds is 2. The van der Waals surface area contributed by atoms with Gasteiger partial charge >= 0.3 is 0 Å². The van der Waals surface area contributed by atoms with Crippen LogP contribution in [-0.2, 0) is 10.0 Å². The number of anilines is 1. The maximum Gasteiger partial charge on any atom is 0.257 e. The quantitative estimate of drug-likeness (QED) is 0.807. The van der Waals surface area contributed by atoms with Crippen LogP contribution >= 0.6 is 0 Å². The number of sulfonamides is 1. The van der Waals surface area contributed by atoms with Gasteiger partial charge in [0.2, 0.25) is 16.0 Å². The van der Waals surface area contributed by atoms with Crippen molar-refractivity contribution in [1.29, 1.82) is 0 Å². The molecule has 0 bridgehead atoms. The molecule has 3 heterocycles. The standard InChI is InChI=1S/C13H18F2N4O2S/c1-22(20,21)19-8-4-13(14,15)12(10-19)3-7-18(9-12)11-16-5-2-6-17-11/h2,5-6H,3-4,7-10H2,1H3. The molecule has 3 rings (SSSR count). The summed E-state index contributed by atoms with van der Waals surface area (Å²) in [6.07, 6.45) is 3.98. The van der Waals surface area contributed by atoms with Crippen molar-refractivity contribution >= 4 is 16.0 Å². The highest BCUT2D eigenvalue weighted by Gasteiger charge is 2.60. The van der Waals surface area contributed by atoms with E-state index < -0.39 is 27.8 Å². The van der Waals surface area contributed by atoms with Crippen molar-refractivity contribution in [2.45, 2.75) is 18.8 Å². The van der Waals surface area contributed by atoms with Crippen molar-refractivity contribution in [3.63, 3.8) is 0 Å². The van der Waals surface area contributed by atoms with Crippen LogP contribution in [0.1, 0.15) is 12.8 Å². The molecule has 0 amide bonds. The van der Waals surface area contributed by atoms with Crippen molar-refractivity contribution in [2.24, 2.45) is 5.41 Å². The summed E-state index contributed by atoms with van der Waals surface area (Å²) < 4.78 is 53.7. The number of nitrogens with zero attached hydrogens (tertiary/aromatic N) is 4. The van der Waals surface area contributed by atoms with Crippen molar-refractivity contribution < 1.29 is 17.2 Å². The van der Waals surface area contributed by atoms with Crippen LogP contribution in [-0.4, -0.2) is 61.0 Å². The van der Waals surface area contributed by atoms with Crippen molar-refractivity contribution in [3.05, 3.63) is 18.5 Å². The maximum atomic E-state index is 14.5. The average molecular weight is 332 g/mol. The van der Waals surface area contributed by atoms with E-state index >= 15 is 0 Å². The van der Waals surface area contributed by atoms with Gasteiger partial charge in [0.25, 0.3) is 5.92 Å². The Balaban J connectivity index is 1.87. The van der Waals surface area contributed by atoms with Gasteiger partial charge < -0.3 is 4.90 Å². The van der Waals surface area contributed by atoms with E-state index in [0.717, 1.165) is 6.26 Å². The number of hydrogen-bond donors (Lipinski definition) is 0. The van der Waals surface area contributed by atoms with Crippen molar-refractivity contribution in [1.82, 2.24) is 14.3 Å². The molecule has 122 valence electrons. The van der Waals surface area contributed by atoms with Gasteiger partial charge in [-0.3, -0.25) is 0 Å². The summed E-state index contributed by atoms with van der Waals surface area (Å²) in [5.41, 5.74) is -1.37. The fourth-order valence-corrected chi connectivity index (χ4v) is 4.18. The zero-order chi connectivity index (χ0) is 16.0. The highest BCUT2D eigenvalue weighted by molar-refractivity contribution is 7.88. The fourth-order valence-electron chi connectivity index (χ4n) is 3.27. The molecular formula is C13H18F2N4O2S. The molecule has 0 aromatic carbocycles. The molecule has 0 N–H and O–H groups in total. The van der Waals surface area contributed by atoms with Gasteiger partial charge in [0, 0.05) is 45.0 Å². The third kappa shape index (κ3) is 2.56. The molecule has 2 aliphatic heterocycles. The first-order valence-electron chi connectivity index (χ1n) is 7.09. The van der Waals surface area contributed by atoms with Crippen LogP contribution in [0.25, 0.3) is 0 Å². The van der Waals surface area contributed by atoms with Crippen LogP contribution in [0.4, 0.5) is 14.7 Å². The lowest BCUT2D eigenvalue weighted by Crippen LogP contribution is -2.58. The molecule has 2 saturated heterocycles. The second-order valence-corrected chi connectivity index (χ2v) is 8.03. The largest absolute Gasteiger partial charge is 0.340 e. The van der Waals surface area contributed by atoms with Crippen LogP contribution in [0.3, 0.4) is 0 Å². The molecule has 2 aliphatic rings. The molecule has 1 aromatic heterocycles. The van der Waals surface area contributed by atoms with Crippen LogP contribution < -0.4 is 4.90 Å². The predicted molar refractivity (Wildman–Crippen MR) is 77.3 cm³/mol. The number of alkyl halides is 2. The minimum atomic E-state index is -3.47. The van der Waals surface area contributed by atoms with E-state index in [0.29, 0.717) is 12.5 Å². The Morgan fingerprint density at radius 3 is 2.45 bits per heavy atom. The third-order valence-electron chi connectivity index (χ3n) is 4.59. The first-order chi connectivity index (χ1) is 10.2. The first-order valence-corrected chi connectivity index (χ1v) is 8.93. The predicted octanol–water partition coefficient (Wildman–Crippen LogP) is 0.974. The average Bonchev–Trinajstić information content (AvgIpc) is 2.88. The summed E-state index contributed by atoms with van der Waals surface area (Å²) in [6.45, 7) is 0.185. The minimum Gasteiger partial charge on any atom is -0.340 e. The molecule has 6 nitrogen and oxygen atoms in total. The molecule has 1 aromatic rings. The normalized spacial score (nSPS) is 29.1. The second-order valence-electron chi connectivity index (χ2n) is 6.05. The Labute approximate surface area is 128 Å². The summed E-state index contributed by atoms with van der Waals surface area (Å²) in [7, 11) is -3.47. The van der Waals surface area contributed by atoms with Crippen LogP contribution in [0.15, 0.2) is 18.5 Å². The van der Waals surface area contributed by atoms with Gasteiger partial charge in [-0.1, -0.05) is 0 Å². The van der Waals surface area contributed by atoms with Crippen LogP contribution in [0.2, 0.25) is 0 Å². The summed E-state index contributed by atoms with van der Waals surface area (Å²) >= 11 is 0. The van der Waals surface area contributed by atoms with Gasteiger partial charge in [0.15, 0.2) is 0 Å². The highest BCUT2D eigenvalue weighted by atomic mass is 32.2. The zero-order valence-electron chi connectivity index (χ0n) is 12.2. The summed E-state index contributed by atoms with van der Waals surface area (Å²) in [6, 6.07) is 1.66. The van der Waals surface area contributed by atoms with E-state index in [4.69, 9.17) is 0 Å². The monoisotopic (exact) mass is 332 g/mol. The van der Waals surface area contributed by atoms with Gasteiger partial charge in [0.1, 0.15) is 0 Å². The molecule has 9 heteroatoms. The summed E-state index contributed by atoms with van der Waals surface area (Å²) in [5, 5.41) is 0. The molecule has 1 atom stereocenters. The second kappa shape index (κ2) is 5.09. The smallest absolute Gasteiger partial charge is 0.257 e. The lowest BCUT2D eigenvalue weighted by Gasteiger charge is -2.44. The number of aromatic nitrogens is 2. The Kier molecular flexibility index (Phi) is 3.59. The molecule has 0 saturated carbocycles. The number of halogens is 2. The molecular weight excluding hydrogens is 314 g/mol. The van der Waals surface area contributed by atoms with Crippen LogP contribution in [0.5, 0.6) is 0 Å². The van der Waals surface area contributed by atoms with Gasteiger partial charge in [-0.05, 0) is 12.5 Å². The van der Waals surface area contributed by atoms with E-state index in [9.17, 15) is 17.2 Å². The maximum absolute atomic E-state index is 14.5. The molecule has 0 aliphatic carbocycles.